The molecule has 0 fully saturated rings. The Bertz CT molecular complexity index is 780. The molecule has 118 valence electrons. The maximum absolute atomic E-state index is 12.1. The molecule has 1 heterocycles. The molecule has 1 aromatic carbocycles. The lowest BCUT2D eigenvalue weighted by Gasteiger charge is -2.09. The fraction of sp³-hybridized carbons (Fsp3) is 0.333. The van der Waals surface area contributed by atoms with Crippen LogP contribution in [0.3, 0.4) is 0 Å². The molecule has 0 aliphatic rings. The summed E-state index contributed by atoms with van der Waals surface area (Å²) in [4.78, 5) is 12.1. The van der Waals surface area contributed by atoms with E-state index in [4.69, 9.17) is 0 Å². The van der Waals surface area contributed by atoms with Crippen molar-refractivity contribution in [1.82, 2.24) is 9.78 Å². The fourth-order valence-corrected chi connectivity index (χ4v) is 2.63. The Hall–Kier alpha value is -2.15. The van der Waals surface area contributed by atoms with Crippen LogP contribution in [0.1, 0.15) is 12.5 Å². The van der Waals surface area contributed by atoms with Gasteiger partial charge in [-0.2, -0.15) is 9.46 Å². The maximum atomic E-state index is 12.1. The van der Waals surface area contributed by atoms with Crippen LogP contribution in [0.2, 0.25) is 0 Å². The van der Waals surface area contributed by atoms with Crippen LogP contribution in [0.15, 0.2) is 41.0 Å². The van der Waals surface area contributed by atoms with Crippen molar-refractivity contribution in [1.29, 1.82) is 0 Å². The first-order chi connectivity index (χ1) is 10.4. The number of para-hydroxylation sites is 1. The molecule has 0 aliphatic heterocycles. The molecule has 22 heavy (non-hydrogen) atoms. The van der Waals surface area contributed by atoms with Crippen LogP contribution in [0, 0.1) is 0 Å². The summed E-state index contributed by atoms with van der Waals surface area (Å²) in [6.07, 6.45) is 7.07. The van der Waals surface area contributed by atoms with E-state index < -0.39 is 9.73 Å². The van der Waals surface area contributed by atoms with Gasteiger partial charge in [-0.25, -0.2) is 4.21 Å². The first kappa shape index (κ1) is 16.2. The molecule has 0 saturated carbocycles. The molecule has 1 aromatic heterocycles. The number of nitrogens with one attached hydrogen (secondary N) is 1. The van der Waals surface area contributed by atoms with Gasteiger partial charge in [0, 0.05) is 27.9 Å². The smallest absolute Gasteiger partial charge is 0.246 e. The van der Waals surface area contributed by atoms with E-state index >= 15 is 0 Å². The van der Waals surface area contributed by atoms with Crippen molar-refractivity contribution in [3.63, 3.8) is 0 Å². The first-order valence-corrected chi connectivity index (χ1v) is 9.28. The van der Waals surface area contributed by atoms with E-state index in [2.05, 4.69) is 14.8 Å². The van der Waals surface area contributed by atoms with Crippen molar-refractivity contribution in [3.8, 4) is 0 Å². The predicted octanol–water partition coefficient (Wildman–Crippen LogP) is 2.44. The van der Waals surface area contributed by atoms with Gasteiger partial charge >= 0.3 is 0 Å². The maximum Gasteiger partial charge on any atom is 0.246 e. The van der Waals surface area contributed by atoms with Gasteiger partial charge in [-0.15, -0.1) is 0 Å². The second-order valence-electron chi connectivity index (χ2n) is 5.23. The minimum atomic E-state index is -2.23. The number of nitrogens with zero attached hydrogens (tertiary/aromatic N) is 3. The normalized spacial score (nSPS) is 11.2. The molecule has 0 spiro atoms. The highest BCUT2D eigenvalue weighted by molar-refractivity contribution is 7.92. The van der Waals surface area contributed by atoms with Gasteiger partial charge in [-0.1, -0.05) is 25.1 Å². The van der Waals surface area contributed by atoms with E-state index in [1.54, 1.807) is 18.7 Å². The molecule has 1 N–H and O–H groups in total. The zero-order chi connectivity index (χ0) is 16.2. The summed E-state index contributed by atoms with van der Waals surface area (Å²) in [7, 11) is -2.23. The minimum absolute atomic E-state index is 0.0855. The molecule has 1 amide bonds. The molecule has 2 rings (SSSR count). The van der Waals surface area contributed by atoms with Gasteiger partial charge in [0.05, 0.1) is 12.4 Å². The fourth-order valence-electron chi connectivity index (χ4n) is 2.03. The number of rotatable bonds is 5. The summed E-state index contributed by atoms with van der Waals surface area (Å²) in [5, 5.41) is 6.94. The van der Waals surface area contributed by atoms with Gasteiger partial charge in [-0.05, 0) is 18.1 Å². The summed E-state index contributed by atoms with van der Waals surface area (Å²) < 4.78 is 17.1. The molecule has 0 unspecified atom stereocenters. The Labute approximate surface area is 130 Å². The van der Waals surface area contributed by atoms with Gasteiger partial charge in [0.15, 0.2) is 0 Å². The Morgan fingerprint density at radius 2 is 2.09 bits per heavy atom. The van der Waals surface area contributed by atoms with Crippen LogP contribution in [0.4, 0.5) is 11.4 Å². The second kappa shape index (κ2) is 6.74. The summed E-state index contributed by atoms with van der Waals surface area (Å²) in [6.45, 7) is 2.13. The summed E-state index contributed by atoms with van der Waals surface area (Å²) in [5.74, 6) is -0.163. The third kappa shape index (κ3) is 4.70. The van der Waals surface area contributed by atoms with Crippen LogP contribution in [-0.2, 0) is 27.5 Å². The SMILES string of the molecule is CCc1ccccc1NC(=O)Cn1cc(N=S(C)(C)=O)cn1. The predicted molar refractivity (Wildman–Crippen MR) is 88.8 cm³/mol. The highest BCUT2D eigenvalue weighted by atomic mass is 32.2. The quantitative estimate of drug-likeness (QED) is 0.919. The van der Waals surface area contributed by atoms with E-state index in [0.717, 1.165) is 17.7 Å². The average Bonchev–Trinajstić information content (AvgIpc) is 2.84. The van der Waals surface area contributed by atoms with Crippen molar-refractivity contribution in [2.24, 2.45) is 4.36 Å². The third-order valence-corrected chi connectivity index (χ3v) is 3.57. The number of hydrogen-bond acceptors (Lipinski definition) is 4. The summed E-state index contributed by atoms with van der Waals surface area (Å²) in [6, 6.07) is 7.70. The van der Waals surface area contributed by atoms with Crippen LogP contribution in [-0.4, -0.2) is 32.4 Å². The number of hydrogen-bond donors (Lipinski definition) is 1. The van der Waals surface area contributed by atoms with Gasteiger partial charge in [-0.3, -0.25) is 9.48 Å². The van der Waals surface area contributed by atoms with Crippen LogP contribution in [0.5, 0.6) is 0 Å². The van der Waals surface area contributed by atoms with Crippen molar-refractivity contribution in [2.75, 3.05) is 17.8 Å². The largest absolute Gasteiger partial charge is 0.324 e. The standard InChI is InChI=1S/C15H20N4O2S/c1-4-12-7-5-6-8-14(12)17-15(20)11-19-10-13(9-16-19)18-22(2,3)21/h5-10H,4,11H2,1-3H3,(H,17,20). The minimum Gasteiger partial charge on any atom is -0.324 e. The van der Waals surface area contributed by atoms with Gasteiger partial charge < -0.3 is 5.32 Å². The zero-order valence-electron chi connectivity index (χ0n) is 12.9. The lowest BCUT2D eigenvalue weighted by Crippen LogP contribution is -2.19. The number of aromatic nitrogens is 2. The van der Waals surface area contributed by atoms with E-state index in [-0.39, 0.29) is 12.5 Å². The molecule has 0 atom stereocenters. The van der Waals surface area contributed by atoms with E-state index in [0.29, 0.717) is 5.69 Å². The van der Waals surface area contributed by atoms with Crippen molar-refractivity contribution < 1.29 is 9.00 Å². The molecular weight excluding hydrogens is 300 g/mol. The van der Waals surface area contributed by atoms with Crippen LogP contribution >= 0.6 is 0 Å². The molecular formula is C15H20N4O2S. The van der Waals surface area contributed by atoms with Crippen molar-refractivity contribution in [3.05, 3.63) is 42.2 Å². The monoisotopic (exact) mass is 320 g/mol. The third-order valence-electron chi connectivity index (χ3n) is 2.92. The summed E-state index contributed by atoms with van der Waals surface area (Å²) >= 11 is 0. The second-order valence-corrected chi connectivity index (χ2v) is 7.77. The van der Waals surface area contributed by atoms with E-state index in [9.17, 15) is 9.00 Å². The van der Waals surface area contributed by atoms with Gasteiger partial charge in [0.2, 0.25) is 5.91 Å². The highest BCUT2D eigenvalue weighted by Crippen LogP contribution is 2.16. The molecule has 2 aromatic rings. The number of benzene rings is 1. The Balaban J connectivity index is 2.05. The molecule has 0 aliphatic carbocycles. The average molecular weight is 320 g/mol. The topological polar surface area (TPSA) is 76.3 Å². The first-order valence-electron chi connectivity index (χ1n) is 6.95. The molecule has 6 nitrogen and oxygen atoms in total. The van der Waals surface area contributed by atoms with Crippen molar-refractivity contribution in [2.45, 2.75) is 19.9 Å². The number of carbonyl (C=O) groups excluding carboxylic acids is 1. The zero-order valence-corrected chi connectivity index (χ0v) is 13.8. The number of carbonyl (C=O) groups is 1. The number of amides is 1. The van der Waals surface area contributed by atoms with Gasteiger partial charge in [0.1, 0.15) is 12.2 Å². The highest BCUT2D eigenvalue weighted by Gasteiger charge is 2.08. The number of aryl methyl sites for hydroxylation is 1. The lowest BCUT2D eigenvalue weighted by molar-refractivity contribution is -0.116. The molecule has 7 heteroatoms. The lowest BCUT2D eigenvalue weighted by atomic mass is 10.1. The Kier molecular flexibility index (Phi) is 4.97. The van der Waals surface area contributed by atoms with Gasteiger partial charge in [0.25, 0.3) is 0 Å². The number of anilines is 1. The molecule has 0 saturated heterocycles. The van der Waals surface area contributed by atoms with Crippen LogP contribution < -0.4 is 5.32 Å². The Morgan fingerprint density at radius 1 is 1.36 bits per heavy atom. The van der Waals surface area contributed by atoms with Crippen molar-refractivity contribution >= 4 is 27.0 Å². The summed E-state index contributed by atoms with van der Waals surface area (Å²) in [5.41, 5.74) is 2.41. The van der Waals surface area contributed by atoms with Crippen LogP contribution in [0.25, 0.3) is 0 Å². The molecule has 0 radical (unpaired) electrons. The Morgan fingerprint density at radius 3 is 2.77 bits per heavy atom. The van der Waals surface area contributed by atoms with E-state index in [1.165, 1.54) is 10.9 Å². The molecule has 0 bridgehead atoms. The van der Waals surface area contributed by atoms with E-state index in [1.807, 2.05) is 31.2 Å².